The van der Waals surface area contributed by atoms with Gasteiger partial charge in [-0.15, -0.1) is 0 Å². The van der Waals surface area contributed by atoms with E-state index in [1.54, 1.807) is 18.2 Å². The van der Waals surface area contributed by atoms with Gasteiger partial charge in [0, 0.05) is 25.7 Å². The Labute approximate surface area is 319 Å². The predicted molar refractivity (Wildman–Crippen MR) is 210 cm³/mol. The van der Waals surface area contributed by atoms with E-state index >= 15 is 0 Å². The molecule has 3 rings (SSSR count). The Morgan fingerprint density at radius 2 is 1.07 bits per heavy atom. The maximum Gasteiger partial charge on any atom is 0.326 e. The fourth-order valence-electron chi connectivity index (χ4n) is 6.53. The summed E-state index contributed by atoms with van der Waals surface area (Å²) in [5.41, 5.74) is 1.31. The van der Waals surface area contributed by atoms with Crippen LogP contribution in [0, 0.1) is 0 Å². The molecule has 0 saturated heterocycles. The van der Waals surface area contributed by atoms with Crippen LogP contribution in [0.1, 0.15) is 121 Å². The average molecular weight is 746 g/mol. The highest BCUT2D eigenvalue weighted by atomic mass is 16.4. The Bertz CT molecular complexity index is 1630. The van der Waals surface area contributed by atoms with Crippen molar-refractivity contribution in [2.45, 2.75) is 141 Å². The molecule has 3 aromatic carbocycles. The van der Waals surface area contributed by atoms with Crippen LogP contribution in [0.25, 0.3) is 10.8 Å². The van der Waals surface area contributed by atoms with Crippen LogP contribution in [0.5, 0.6) is 5.75 Å². The maximum absolute atomic E-state index is 13.7. The monoisotopic (exact) mass is 745 g/mol. The molecule has 3 atom stereocenters. The van der Waals surface area contributed by atoms with Crippen LogP contribution < -0.4 is 16.0 Å². The minimum absolute atomic E-state index is 0.0354. The van der Waals surface area contributed by atoms with Gasteiger partial charge in [0.05, 0.1) is 0 Å². The van der Waals surface area contributed by atoms with Crippen LogP contribution in [-0.4, -0.2) is 63.1 Å². The lowest BCUT2D eigenvalue weighted by molar-refractivity contribution is -0.143. The first-order valence-corrected chi connectivity index (χ1v) is 19.7. The van der Waals surface area contributed by atoms with Gasteiger partial charge in [-0.3, -0.25) is 19.2 Å². The van der Waals surface area contributed by atoms with Gasteiger partial charge in [0.2, 0.25) is 17.7 Å². The first-order chi connectivity index (χ1) is 26.0. The lowest BCUT2D eigenvalue weighted by Crippen LogP contribution is -2.56. The largest absolute Gasteiger partial charge is 0.508 e. The second-order valence-corrected chi connectivity index (χ2v) is 14.3. The number of hydrogen-bond acceptors (Lipinski definition) is 6. The average Bonchev–Trinajstić information content (AvgIpc) is 3.15. The van der Waals surface area contributed by atoms with Crippen molar-refractivity contribution < 1.29 is 39.3 Å². The fourth-order valence-corrected chi connectivity index (χ4v) is 6.53. The highest BCUT2D eigenvalue weighted by molar-refractivity contribution is 5.94. The lowest BCUT2D eigenvalue weighted by Gasteiger charge is -2.24. The Morgan fingerprint density at radius 3 is 1.67 bits per heavy atom. The zero-order valence-corrected chi connectivity index (χ0v) is 31.7. The zero-order chi connectivity index (χ0) is 39.1. The third-order valence-electron chi connectivity index (χ3n) is 9.68. The SMILES string of the molecule is CCCCCCCCCCCCCCCC(=O)N[C@@H](Cc1ccc(O)cc1)C(=O)N[C@@H](CCC(=O)O)C(=O)N[C@@H](Cc1ccc2ccccc2c1)C(=O)O. The quantitative estimate of drug-likeness (QED) is 0.0443. The Kier molecular flexibility index (Phi) is 19.6. The van der Waals surface area contributed by atoms with Gasteiger partial charge in [0.15, 0.2) is 0 Å². The molecule has 0 aliphatic rings. The van der Waals surface area contributed by atoms with E-state index < -0.39 is 48.3 Å². The molecule has 0 unspecified atom stereocenters. The number of aromatic hydroxyl groups is 1. The minimum atomic E-state index is -1.38. The molecule has 0 bridgehead atoms. The van der Waals surface area contributed by atoms with Crippen LogP contribution in [-0.2, 0) is 36.8 Å². The molecule has 11 nitrogen and oxygen atoms in total. The Hall–Kier alpha value is -4.93. The standard InChI is InChI=1S/C43H59N3O8/c1-2-3-4-5-6-7-8-9-10-11-12-13-14-19-39(48)44-37(29-31-21-24-35(47)25-22-31)42(52)45-36(26-27-40(49)50)41(51)46-38(43(53)54)30-32-20-23-33-17-15-16-18-34(33)28-32/h15-18,20-25,28,36-38,47H,2-14,19,26-27,29-30H2,1H3,(H,44,48)(H,45,52)(H,46,51)(H,49,50)(H,53,54)/t36-,37-,38-/m0/s1. The Morgan fingerprint density at radius 1 is 0.556 bits per heavy atom. The summed E-state index contributed by atoms with van der Waals surface area (Å²) in [5, 5.41) is 38.8. The fraction of sp³-hybridized carbons (Fsp3) is 0.512. The molecule has 3 amide bonds. The molecule has 294 valence electrons. The van der Waals surface area contributed by atoms with Crippen molar-refractivity contribution in [1.29, 1.82) is 0 Å². The molecule has 0 aromatic heterocycles. The van der Waals surface area contributed by atoms with E-state index in [-0.39, 0.29) is 37.3 Å². The van der Waals surface area contributed by atoms with Gasteiger partial charge in [0.1, 0.15) is 23.9 Å². The Balaban J connectivity index is 1.58. The first-order valence-electron chi connectivity index (χ1n) is 19.7. The number of aliphatic carboxylic acids is 2. The molecule has 0 spiro atoms. The van der Waals surface area contributed by atoms with Crippen molar-refractivity contribution in [2.75, 3.05) is 0 Å². The lowest BCUT2D eigenvalue weighted by atomic mass is 10.0. The number of fused-ring (bicyclic) bond motifs is 1. The number of hydrogen-bond donors (Lipinski definition) is 6. The molecule has 11 heteroatoms. The molecular formula is C43H59N3O8. The van der Waals surface area contributed by atoms with Crippen molar-refractivity contribution in [2.24, 2.45) is 0 Å². The number of rotatable bonds is 27. The van der Waals surface area contributed by atoms with E-state index in [0.29, 0.717) is 17.5 Å². The van der Waals surface area contributed by atoms with Gasteiger partial charge < -0.3 is 31.3 Å². The van der Waals surface area contributed by atoms with Gasteiger partial charge in [0.25, 0.3) is 0 Å². The van der Waals surface area contributed by atoms with Crippen LogP contribution in [0.15, 0.2) is 66.7 Å². The summed E-state index contributed by atoms with van der Waals surface area (Å²) in [6.45, 7) is 2.23. The normalized spacial score (nSPS) is 12.8. The van der Waals surface area contributed by atoms with Crippen molar-refractivity contribution in [1.82, 2.24) is 16.0 Å². The van der Waals surface area contributed by atoms with Crippen molar-refractivity contribution >= 4 is 40.4 Å². The summed E-state index contributed by atoms with van der Waals surface area (Å²) in [7, 11) is 0. The highest BCUT2D eigenvalue weighted by Crippen LogP contribution is 2.18. The highest BCUT2D eigenvalue weighted by Gasteiger charge is 2.30. The van der Waals surface area contributed by atoms with E-state index in [1.807, 2.05) is 36.4 Å². The maximum atomic E-state index is 13.7. The van der Waals surface area contributed by atoms with Gasteiger partial charge in [-0.2, -0.15) is 0 Å². The number of amides is 3. The van der Waals surface area contributed by atoms with E-state index in [9.17, 15) is 39.3 Å². The molecule has 0 saturated carbocycles. The molecule has 0 heterocycles. The van der Waals surface area contributed by atoms with E-state index in [2.05, 4.69) is 22.9 Å². The summed E-state index contributed by atoms with van der Waals surface area (Å²) >= 11 is 0. The number of benzene rings is 3. The van der Waals surface area contributed by atoms with Crippen molar-refractivity contribution in [3.05, 3.63) is 77.9 Å². The predicted octanol–water partition coefficient (Wildman–Crippen LogP) is 7.22. The van der Waals surface area contributed by atoms with E-state index in [4.69, 9.17) is 0 Å². The smallest absolute Gasteiger partial charge is 0.326 e. The van der Waals surface area contributed by atoms with Crippen LogP contribution >= 0.6 is 0 Å². The summed E-state index contributed by atoms with van der Waals surface area (Å²) in [4.78, 5) is 64.0. The molecule has 0 aliphatic carbocycles. The van der Waals surface area contributed by atoms with Crippen molar-refractivity contribution in [3.8, 4) is 5.75 Å². The molecule has 54 heavy (non-hydrogen) atoms. The van der Waals surface area contributed by atoms with E-state index in [0.717, 1.165) is 30.0 Å². The van der Waals surface area contributed by atoms with E-state index in [1.165, 1.54) is 69.9 Å². The number of carboxylic acid groups (broad SMARTS) is 2. The first kappa shape index (κ1) is 43.5. The van der Waals surface area contributed by atoms with Gasteiger partial charge in [-0.25, -0.2) is 4.79 Å². The number of carboxylic acids is 2. The summed E-state index contributed by atoms with van der Waals surface area (Å²) in [6, 6.07) is 15.4. The number of phenolic OH excluding ortho intramolecular Hbond substituents is 1. The third-order valence-corrected chi connectivity index (χ3v) is 9.68. The number of nitrogens with one attached hydrogen (secondary N) is 3. The van der Waals surface area contributed by atoms with Crippen LogP contribution in [0.2, 0.25) is 0 Å². The number of carbonyl (C=O) groups is 5. The number of carbonyl (C=O) groups excluding carboxylic acids is 3. The zero-order valence-electron chi connectivity index (χ0n) is 31.7. The number of phenols is 1. The summed E-state index contributed by atoms with van der Waals surface area (Å²) in [6.07, 6.45) is 14.7. The second-order valence-electron chi connectivity index (χ2n) is 14.3. The van der Waals surface area contributed by atoms with Crippen molar-refractivity contribution in [3.63, 3.8) is 0 Å². The third kappa shape index (κ3) is 16.8. The number of unbranched alkanes of at least 4 members (excludes halogenated alkanes) is 12. The summed E-state index contributed by atoms with van der Waals surface area (Å²) < 4.78 is 0. The molecular weight excluding hydrogens is 686 g/mol. The molecule has 3 aromatic rings. The summed E-state index contributed by atoms with van der Waals surface area (Å²) in [5.74, 6) is -4.34. The minimum Gasteiger partial charge on any atom is -0.508 e. The van der Waals surface area contributed by atoms with Gasteiger partial charge in [-0.05, 0) is 46.9 Å². The van der Waals surface area contributed by atoms with Gasteiger partial charge in [-0.1, -0.05) is 139 Å². The topological polar surface area (TPSA) is 182 Å². The van der Waals surface area contributed by atoms with Crippen LogP contribution in [0.4, 0.5) is 0 Å². The second kappa shape index (κ2) is 24.4. The molecule has 0 aliphatic heterocycles. The van der Waals surface area contributed by atoms with Crippen LogP contribution in [0.3, 0.4) is 0 Å². The molecule has 6 N–H and O–H groups in total. The molecule has 0 fully saturated rings. The van der Waals surface area contributed by atoms with Gasteiger partial charge >= 0.3 is 11.9 Å². The molecule has 0 radical (unpaired) electrons.